The summed E-state index contributed by atoms with van der Waals surface area (Å²) in [5.41, 5.74) is 10.7. The Morgan fingerprint density at radius 2 is 2.00 bits per heavy atom. The largest absolute Gasteiger partial charge is 0.327 e. The van der Waals surface area contributed by atoms with Crippen LogP contribution in [0, 0.1) is 0 Å². The maximum Gasteiger partial charge on any atom is 0.0482 e. The summed E-state index contributed by atoms with van der Waals surface area (Å²) < 4.78 is 0. The lowest BCUT2D eigenvalue weighted by molar-refractivity contribution is 0.391. The molecule has 3 atom stereocenters. The van der Waals surface area contributed by atoms with Crippen molar-refractivity contribution in [3.8, 4) is 0 Å². The highest BCUT2D eigenvalue weighted by atomic mass is 14.8. The van der Waals surface area contributed by atoms with Gasteiger partial charge in [0.25, 0.3) is 0 Å². The number of aryl methyl sites for hydroxylation is 1. The predicted octanol–water partition coefficient (Wildman–Crippen LogP) is 4.02. The van der Waals surface area contributed by atoms with Crippen LogP contribution in [0.3, 0.4) is 0 Å². The number of nitrogens with zero attached hydrogens (tertiary/aromatic N) is 1. The normalized spacial score (nSPS) is 20.6. The smallest absolute Gasteiger partial charge is 0.0482 e. The Bertz CT molecular complexity index is 579. The van der Waals surface area contributed by atoms with Crippen molar-refractivity contribution in [3.63, 3.8) is 0 Å². The lowest BCUT2D eigenvalue weighted by atomic mass is 9.75. The molecular formula is C19H24N2. The number of hydrogen-bond donors (Lipinski definition) is 1. The van der Waals surface area contributed by atoms with Crippen LogP contribution in [0.25, 0.3) is 0 Å². The molecule has 0 amide bonds. The Kier molecular flexibility index (Phi) is 4.35. The quantitative estimate of drug-likeness (QED) is 0.918. The second-order valence-corrected chi connectivity index (χ2v) is 6.05. The predicted molar refractivity (Wildman–Crippen MR) is 87.4 cm³/mol. The maximum absolute atomic E-state index is 6.71. The van der Waals surface area contributed by atoms with Crippen molar-refractivity contribution >= 4 is 0 Å². The summed E-state index contributed by atoms with van der Waals surface area (Å²) in [7, 11) is 0. The average Bonchev–Trinajstić information content (AvgIpc) is 2.56. The molecule has 2 heteroatoms. The van der Waals surface area contributed by atoms with Crippen molar-refractivity contribution in [2.24, 2.45) is 5.73 Å². The second-order valence-electron chi connectivity index (χ2n) is 6.05. The van der Waals surface area contributed by atoms with Gasteiger partial charge in [-0.15, -0.1) is 0 Å². The van der Waals surface area contributed by atoms with Gasteiger partial charge in [0.2, 0.25) is 0 Å². The molecule has 0 spiro atoms. The van der Waals surface area contributed by atoms with Crippen LogP contribution >= 0.6 is 0 Å². The molecule has 2 N–H and O–H groups in total. The molecule has 1 aromatic heterocycles. The number of nitrogens with two attached hydrogens (primary N) is 1. The zero-order valence-corrected chi connectivity index (χ0v) is 12.7. The first-order chi connectivity index (χ1) is 10.3. The van der Waals surface area contributed by atoms with E-state index in [9.17, 15) is 0 Å². The van der Waals surface area contributed by atoms with E-state index in [1.807, 2.05) is 12.3 Å². The summed E-state index contributed by atoms with van der Waals surface area (Å²) in [5, 5.41) is 0. The lowest BCUT2D eigenvalue weighted by Crippen LogP contribution is -2.37. The monoisotopic (exact) mass is 280 g/mol. The van der Waals surface area contributed by atoms with Gasteiger partial charge in [0.1, 0.15) is 0 Å². The highest BCUT2D eigenvalue weighted by Gasteiger charge is 2.31. The van der Waals surface area contributed by atoms with Crippen molar-refractivity contribution in [3.05, 3.63) is 65.5 Å². The van der Waals surface area contributed by atoms with E-state index in [0.29, 0.717) is 11.8 Å². The minimum atomic E-state index is 0.145. The fourth-order valence-corrected chi connectivity index (χ4v) is 3.73. The highest BCUT2D eigenvalue weighted by Crippen LogP contribution is 2.37. The number of pyridine rings is 1. The number of hydrogen-bond acceptors (Lipinski definition) is 2. The van der Waals surface area contributed by atoms with Crippen molar-refractivity contribution in [2.75, 3.05) is 0 Å². The molecule has 110 valence electrons. The van der Waals surface area contributed by atoms with E-state index in [-0.39, 0.29) is 6.04 Å². The molecule has 21 heavy (non-hydrogen) atoms. The lowest BCUT2D eigenvalue weighted by Gasteiger charge is -2.34. The second kappa shape index (κ2) is 6.40. The topological polar surface area (TPSA) is 38.9 Å². The molecule has 3 unspecified atom stereocenters. The Morgan fingerprint density at radius 1 is 1.19 bits per heavy atom. The fraction of sp³-hybridized carbons (Fsp3) is 0.421. The first kappa shape index (κ1) is 14.3. The van der Waals surface area contributed by atoms with Crippen LogP contribution in [0.15, 0.2) is 48.7 Å². The van der Waals surface area contributed by atoms with Crippen molar-refractivity contribution in [1.82, 2.24) is 4.98 Å². The van der Waals surface area contributed by atoms with Crippen molar-refractivity contribution in [1.29, 1.82) is 0 Å². The van der Waals surface area contributed by atoms with Crippen molar-refractivity contribution < 1.29 is 0 Å². The van der Waals surface area contributed by atoms with Gasteiger partial charge in [-0.25, -0.2) is 0 Å². The maximum atomic E-state index is 6.71. The molecule has 0 radical (unpaired) electrons. The van der Waals surface area contributed by atoms with Crippen LogP contribution in [-0.2, 0) is 6.42 Å². The molecule has 0 aliphatic heterocycles. The van der Waals surface area contributed by atoms with E-state index in [1.54, 1.807) is 0 Å². The van der Waals surface area contributed by atoms with E-state index in [1.165, 1.54) is 23.2 Å². The minimum absolute atomic E-state index is 0.145. The van der Waals surface area contributed by atoms with Gasteiger partial charge in [0.05, 0.1) is 0 Å². The zero-order valence-electron chi connectivity index (χ0n) is 12.7. The molecule has 1 aliphatic carbocycles. The third-order valence-electron chi connectivity index (χ3n) is 4.84. The number of rotatable bonds is 4. The van der Waals surface area contributed by atoms with Gasteiger partial charge in [-0.05, 0) is 48.8 Å². The molecular weight excluding hydrogens is 256 g/mol. The summed E-state index contributed by atoms with van der Waals surface area (Å²) in [6.07, 6.45) is 6.52. The highest BCUT2D eigenvalue weighted by molar-refractivity contribution is 5.30. The number of benzene rings is 1. The summed E-state index contributed by atoms with van der Waals surface area (Å²) in [4.78, 5) is 4.65. The standard InChI is InChI=1S/C19H24N2/c1-2-16(14-8-4-3-5-9-14)18(20)17-12-6-10-15-11-7-13-21-19(15)17/h3-5,7-9,11,13,16-18H,2,6,10,12,20H2,1H3. The summed E-state index contributed by atoms with van der Waals surface area (Å²) in [6.45, 7) is 2.24. The molecule has 0 fully saturated rings. The molecule has 2 nitrogen and oxygen atoms in total. The first-order valence-electron chi connectivity index (χ1n) is 8.05. The van der Waals surface area contributed by atoms with Gasteiger partial charge < -0.3 is 5.73 Å². The van der Waals surface area contributed by atoms with Crippen LogP contribution in [0.5, 0.6) is 0 Å². The van der Waals surface area contributed by atoms with Crippen molar-refractivity contribution in [2.45, 2.75) is 50.5 Å². The Labute approximate surface area is 127 Å². The molecule has 3 rings (SSSR count). The summed E-state index contributed by atoms with van der Waals surface area (Å²) in [5.74, 6) is 0.796. The average molecular weight is 280 g/mol. The van der Waals surface area contributed by atoms with Gasteiger partial charge in [-0.1, -0.05) is 43.3 Å². The van der Waals surface area contributed by atoms with Gasteiger partial charge in [0.15, 0.2) is 0 Å². The molecule has 0 bridgehead atoms. The van der Waals surface area contributed by atoms with Gasteiger partial charge in [0, 0.05) is 23.9 Å². The molecule has 0 saturated carbocycles. The Balaban J connectivity index is 1.90. The Morgan fingerprint density at radius 3 is 2.76 bits per heavy atom. The van der Waals surface area contributed by atoms with E-state index in [0.717, 1.165) is 19.3 Å². The summed E-state index contributed by atoms with van der Waals surface area (Å²) >= 11 is 0. The fourth-order valence-electron chi connectivity index (χ4n) is 3.73. The van der Waals surface area contributed by atoms with Gasteiger partial charge in [-0.3, -0.25) is 4.98 Å². The molecule has 1 aliphatic rings. The first-order valence-corrected chi connectivity index (χ1v) is 8.05. The summed E-state index contributed by atoms with van der Waals surface area (Å²) in [6, 6.07) is 15.1. The molecule has 1 aromatic carbocycles. The van der Waals surface area contributed by atoms with E-state index >= 15 is 0 Å². The zero-order chi connectivity index (χ0) is 14.7. The molecule has 2 aromatic rings. The van der Waals surface area contributed by atoms with Crippen LogP contribution in [0.4, 0.5) is 0 Å². The SMILES string of the molecule is CCC(c1ccccc1)C(N)C1CCCc2cccnc21. The number of aromatic nitrogens is 1. The van der Waals surface area contributed by atoms with Crippen LogP contribution in [0.1, 0.15) is 54.8 Å². The molecule has 1 heterocycles. The van der Waals surface area contributed by atoms with Crippen LogP contribution < -0.4 is 5.73 Å². The molecule has 0 saturated heterocycles. The van der Waals surface area contributed by atoms with Gasteiger partial charge in [-0.2, -0.15) is 0 Å². The van der Waals surface area contributed by atoms with E-state index < -0.39 is 0 Å². The minimum Gasteiger partial charge on any atom is -0.327 e. The third kappa shape index (κ3) is 2.86. The van der Waals surface area contributed by atoms with E-state index in [2.05, 4.69) is 48.3 Å². The van der Waals surface area contributed by atoms with Crippen LogP contribution in [0.2, 0.25) is 0 Å². The van der Waals surface area contributed by atoms with Crippen LogP contribution in [-0.4, -0.2) is 11.0 Å². The number of fused-ring (bicyclic) bond motifs is 1. The third-order valence-corrected chi connectivity index (χ3v) is 4.84. The van der Waals surface area contributed by atoms with Gasteiger partial charge >= 0.3 is 0 Å². The Hall–Kier alpha value is -1.67. The van der Waals surface area contributed by atoms with E-state index in [4.69, 9.17) is 5.73 Å².